The molecule has 2 atom stereocenters. The second-order valence-corrected chi connectivity index (χ2v) is 8.58. The van der Waals surface area contributed by atoms with E-state index in [1.807, 2.05) is 37.3 Å². The molecule has 1 amide bonds. The average molecular weight is 431 g/mol. The zero-order valence-electron chi connectivity index (χ0n) is 18.5. The van der Waals surface area contributed by atoms with Crippen molar-refractivity contribution in [1.29, 1.82) is 0 Å². The largest absolute Gasteiger partial charge is 0.480 e. The van der Waals surface area contributed by atoms with Crippen molar-refractivity contribution in [3.05, 3.63) is 71.5 Å². The van der Waals surface area contributed by atoms with Crippen molar-refractivity contribution >= 4 is 12.1 Å². The summed E-state index contributed by atoms with van der Waals surface area (Å²) >= 11 is 0. The number of carboxylic acid groups (broad SMARTS) is 1. The molecule has 7 heteroatoms. The Hall–Kier alpha value is -2.93. The van der Waals surface area contributed by atoms with Crippen molar-refractivity contribution in [2.75, 3.05) is 13.1 Å². The van der Waals surface area contributed by atoms with Crippen LogP contribution in [0.25, 0.3) is 0 Å². The molecule has 2 rings (SSSR count). The van der Waals surface area contributed by atoms with E-state index < -0.39 is 23.7 Å². The lowest BCUT2D eigenvalue weighted by atomic mass is 10.0. The van der Waals surface area contributed by atoms with Gasteiger partial charge in [-0.15, -0.1) is 0 Å². The van der Waals surface area contributed by atoms with Crippen LogP contribution in [0.5, 0.6) is 0 Å². The molecule has 0 saturated carbocycles. The fraction of sp³-hybridized carbons (Fsp3) is 0.417. The van der Waals surface area contributed by atoms with Crippen molar-refractivity contribution < 1.29 is 23.8 Å². The molecule has 6 nitrogen and oxygen atoms in total. The van der Waals surface area contributed by atoms with Crippen molar-refractivity contribution in [3.63, 3.8) is 0 Å². The zero-order chi connectivity index (χ0) is 23.0. The van der Waals surface area contributed by atoms with Gasteiger partial charge in [0, 0.05) is 18.6 Å². The molecular formula is C24H31FN2O4. The third kappa shape index (κ3) is 8.76. The van der Waals surface area contributed by atoms with Crippen LogP contribution in [-0.2, 0) is 16.0 Å². The fourth-order valence-corrected chi connectivity index (χ4v) is 3.30. The van der Waals surface area contributed by atoms with Gasteiger partial charge in [0.25, 0.3) is 0 Å². The van der Waals surface area contributed by atoms with Gasteiger partial charge in [0.15, 0.2) is 0 Å². The van der Waals surface area contributed by atoms with E-state index >= 15 is 0 Å². The number of carboxylic acids is 1. The van der Waals surface area contributed by atoms with E-state index in [0.717, 1.165) is 11.1 Å². The van der Waals surface area contributed by atoms with Crippen molar-refractivity contribution in [2.24, 2.45) is 0 Å². The van der Waals surface area contributed by atoms with Crippen LogP contribution in [0.2, 0.25) is 0 Å². The zero-order valence-corrected chi connectivity index (χ0v) is 18.5. The number of alkyl carbamates (subject to hydrolysis) is 1. The molecule has 2 N–H and O–H groups in total. The maximum Gasteiger partial charge on any atom is 0.407 e. The Bertz CT molecular complexity index is 850. The van der Waals surface area contributed by atoms with E-state index in [9.17, 15) is 19.1 Å². The maximum atomic E-state index is 13.3. The predicted octanol–water partition coefficient (Wildman–Crippen LogP) is 4.41. The molecule has 0 aliphatic rings. The van der Waals surface area contributed by atoms with Crippen LogP contribution in [0.1, 0.15) is 44.9 Å². The van der Waals surface area contributed by atoms with Crippen LogP contribution in [0, 0.1) is 5.82 Å². The van der Waals surface area contributed by atoms with E-state index in [2.05, 4.69) is 5.32 Å². The number of halogens is 1. The molecule has 0 radical (unpaired) electrons. The van der Waals surface area contributed by atoms with Crippen LogP contribution in [0.4, 0.5) is 9.18 Å². The first-order valence-electron chi connectivity index (χ1n) is 10.3. The summed E-state index contributed by atoms with van der Waals surface area (Å²) in [4.78, 5) is 25.8. The van der Waals surface area contributed by atoms with Crippen LogP contribution in [0.15, 0.2) is 54.6 Å². The SMILES string of the molecule is C[C@H](c1ccccc1)N(CC(=O)O)C[C@H](Cc1ccc(F)cc1)NC(=O)OC(C)(C)C. The molecule has 0 saturated heterocycles. The molecule has 168 valence electrons. The van der Waals surface area contributed by atoms with Crippen molar-refractivity contribution in [3.8, 4) is 0 Å². The fourth-order valence-electron chi connectivity index (χ4n) is 3.30. The van der Waals surface area contributed by atoms with E-state index in [-0.39, 0.29) is 24.9 Å². The third-order valence-corrected chi connectivity index (χ3v) is 4.74. The first-order valence-corrected chi connectivity index (χ1v) is 10.3. The van der Waals surface area contributed by atoms with Crippen LogP contribution < -0.4 is 5.32 Å². The second-order valence-electron chi connectivity index (χ2n) is 8.58. The summed E-state index contributed by atoms with van der Waals surface area (Å²) in [7, 11) is 0. The van der Waals surface area contributed by atoms with Crippen LogP contribution >= 0.6 is 0 Å². The first-order chi connectivity index (χ1) is 14.5. The average Bonchev–Trinajstić information content (AvgIpc) is 2.67. The number of carbonyl (C=O) groups is 2. The van der Waals surface area contributed by atoms with E-state index in [4.69, 9.17) is 4.74 Å². The number of amides is 1. The third-order valence-electron chi connectivity index (χ3n) is 4.74. The molecule has 0 spiro atoms. The summed E-state index contributed by atoms with van der Waals surface area (Å²) in [5.74, 6) is -1.30. The van der Waals surface area contributed by atoms with Gasteiger partial charge in [-0.3, -0.25) is 9.69 Å². The van der Waals surface area contributed by atoms with E-state index in [0.29, 0.717) is 6.42 Å². The number of hydrogen-bond donors (Lipinski definition) is 2. The maximum absolute atomic E-state index is 13.3. The van der Waals surface area contributed by atoms with Crippen molar-refractivity contribution in [1.82, 2.24) is 10.2 Å². The molecule has 0 aromatic heterocycles. The number of ether oxygens (including phenoxy) is 1. The quantitative estimate of drug-likeness (QED) is 0.616. The minimum Gasteiger partial charge on any atom is -0.480 e. The summed E-state index contributed by atoms with van der Waals surface area (Å²) in [6.07, 6.45) is -0.181. The topological polar surface area (TPSA) is 78.9 Å². The summed E-state index contributed by atoms with van der Waals surface area (Å²) < 4.78 is 18.7. The van der Waals surface area contributed by atoms with Gasteiger partial charge in [-0.05, 0) is 57.4 Å². The minimum atomic E-state index is -0.958. The Morgan fingerprint density at radius 1 is 1.10 bits per heavy atom. The van der Waals surface area contributed by atoms with Gasteiger partial charge in [0.05, 0.1) is 6.54 Å². The summed E-state index contributed by atoms with van der Waals surface area (Å²) in [5.41, 5.74) is 1.13. The summed E-state index contributed by atoms with van der Waals surface area (Å²) in [6, 6.07) is 15.0. The predicted molar refractivity (Wildman–Crippen MR) is 117 cm³/mol. The first kappa shape index (κ1) is 24.3. The summed E-state index contributed by atoms with van der Waals surface area (Å²) in [6.45, 7) is 7.34. The lowest BCUT2D eigenvalue weighted by molar-refractivity contribution is -0.139. The number of carbonyl (C=O) groups excluding carboxylic acids is 1. The Kier molecular flexibility index (Phi) is 8.56. The minimum absolute atomic E-state index is 0.187. The molecule has 0 fully saturated rings. The molecule has 0 bridgehead atoms. The van der Waals surface area contributed by atoms with Crippen LogP contribution in [0.3, 0.4) is 0 Å². The number of nitrogens with one attached hydrogen (secondary N) is 1. The molecule has 0 heterocycles. The Morgan fingerprint density at radius 3 is 2.26 bits per heavy atom. The number of benzene rings is 2. The number of aliphatic carboxylic acids is 1. The molecule has 2 aromatic rings. The molecule has 0 aliphatic heterocycles. The Labute approximate surface area is 183 Å². The number of rotatable bonds is 9. The van der Waals surface area contributed by atoms with Crippen molar-refractivity contribution in [2.45, 2.75) is 51.8 Å². The van der Waals surface area contributed by atoms with Gasteiger partial charge in [0.1, 0.15) is 11.4 Å². The van der Waals surface area contributed by atoms with Gasteiger partial charge in [-0.2, -0.15) is 0 Å². The molecule has 31 heavy (non-hydrogen) atoms. The Balaban J connectivity index is 2.24. The van der Waals surface area contributed by atoms with Gasteiger partial charge >= 0.3 is 12.1 Å². The lowest BCUT2D eigenvalue weighted by Gasteiger charge is -2.32. The van der Waals surface area contributed by atoms with Gasteiger partial charge < -0.3 is 15.2 Å². The Morgan fingerprint density at radius 2 is 1.71 bits per heavy atom. The highest BCUT2D eigenvalue weighted by atomic mass is 19.1. The molecule has 0 unspecified atom stereocenters. The normalized spacial score (nSPS) is 13.5. The van der Waals surface area contributed by atoms with Crippen LogP contribution in [-0.4, -0.2) is 46.8 Å². The highest BCUT2D eigenvalue weighted by Crippen LogP contribution is 2.21. The van der Waals surface area contributed by atoms with E-state index in [1.54, 1.807) is 37.8 Å². The van der Waals surface area contributed by atoms with Gasteiger partial charge in [-0.1, -0.05) is 42.5 Å². The summed E-state index contributed by atoms with van der Waals surface area (Å²) in [5, 5.41) is 12.3. The second kappa shape index (κ2) is 10.9. The highest BCUT2D eigenvalue weighted by molar-refractivity contribution is 5.69. The standard InChI is InChI=1S/C24H31FN2O4/c1-17(19-8-6-5-7-9-19)27(16-22(28)29)15-21(26-23(30)31-24(2,3)4)14-18-10-12-20(25)13-11-18/h5-13,17,21H,14-16H2,1-4H3,(H,26,30)(H,28,29)/t17-,21+/m1/s1. The van der Waals surface area contributed by atoms with E-state index in [1.165, 1.54) is 12.1 Å². The molecule has 2 aromatic carbocycles. The van der Waals surface area contributed by atoms with Gasteiger partial charge in [-0.25, -0.2) is 9.18 Å². The monoisotopic (exact) mass is 430 g/mol. The highest BCUT2D eigenvalue weighted by Gasteiger charge is 2.25. The van der Waals surface area contributed by atoms with Gasteiger partial charge in [0.2, 0.25) is 0 Å². The smallest absolute Gasteiger partial charge is 0.407 e. The lowest BCUT2D eigenvalue weighted by Crippen LogP contribution is -2.48. The molecular weight excluding hydrogens is 399 g/mol. The molecule has 0 aliphatic carbocycles. The number of nitrogens with zero attached hydrogens (tertiary/aromatic N) is 1. The number of hydrogen-bond acceptors (Lipinski definition) is 4.